The molecule has 1 amide bonds. The quantitative estimate of drug-likeness (QED) is 0.744. The first kappa shape index (κ1) is 13.6. The van der Waals surface area contributed by atoms with Gasteiger partial charge in [-0.25, -0.2) is 0 Å². The van der Waals surface area contributed by atoms with Crippen molar-refractivity contribution < 1.29 is 9.32 Å². The molecular formula is C17H14N4O2. The van der Waals surface area contributed by atoms with Gasteiger partial charge in [-0.2, -0.15) is 4.98 Å². The molecule has 6 heteroatoms. The number of amides is 1. The number of carbonyl (C=O) groups is 1. The molecule has 0 saturated carbocycles. The zero-order chi connectivity index (χ0) is 15.6. The van der Waals surface area contributed by atoms with Gasteiger partial charge in [0.05, 0.1) is 5.92 Å². The summed E-state index contributed by atoms with van der Waals surface area (Å²) in [6.45, 7) is 0.548. The van der Waals surface area contributed by atoms with E-state index in [1.165, 1.54) is 0 Å². The Morgan fingerprint density at radius 3 is 2.70 bits per heavy atom. The van der Waals surface area contributed by atoms with Crippen LogP contribution in [0.25, 0.3) is 11.5 Å². The van der Waals surface area contributed by atoms with Crippen LogP contribution in [0.3, 0.4) is 0 Å². The van der Waals surface area contributed by atoms with Gasteiger partial charge in [-0.1, -0.05) is 29.4 Å². The maximum atomic E-state index is 12.3. The Bertz CT molecular complexity index is 817. The third-order valence-electron chi connectivity index (χ3n) is 3.88. The number of aromatic nitrogens is 3. The molecule has 2 aromatic heterocycles. The second kappa shape index (κ2) is 5.64. The van der Waals surface area contributed by atoms with Crippen LogP contribution in [0, 0.1) is 0 Å². The molecule has 4 rings (SSSR count). The zero-order valence-electron chi connectivity index (χ0n) is 12.3. The molecule has 0 unspecified atom stereocenters. The maximum Gasteiger partial charge on any atom is 0.232 e. The van der Waals surface area contributed by atoms with Crippen molar-refractivity contribution in [3.05, 3.63) is 60.6 Å². The standard InChI is InChI=1S/C17H14N4O2/c22-15-10-12(11-21(15)13-6-2-1-3-7-13)17-19-16(20-23-17)14-8-4-5-9-18-14/h1-9,12H,10-11H2/t12-/m0/s1. The Morgan fingerprint density at radius 2 is 1.91 bits per heavy atom. The second-order valence-corrected chi connectivity index (χ2v) is 5.41. The van der Waals surface area contributed by atoms with Gasteiger partial charge in [-0.3, -0.25) is 9.78 Å². The van der Waals surface area contributed by atoms with Crippen LogP contribution in [-0.2, 0) is 4.79 Å². The highest BCUT2D eigenvalue weighted by atomic mass is 16.5. The molecule has 0 N–H and O–H groups in total. The van der Waals surface area contributed by atoms with E-state index in [1.54, 1.807) is 11.1 Å². The maximum absolute atomic E-state index is 12.3. The van der Waals surface area contributed by atoms with Gasteiger partial charge in [0.2, 0.25) is 17.6 Å². The number of anilines is 1. The largest absolute Gasteiger partial charge is 0.339 e. The zero-order valence-corrected chi connectivity index (χ0v) is 12.3. The molecule has 3 aromatic rings. The Hall–Kier alpha value is -3.02. The minimum atomic E-state index is -0.0901. The fourth-order valence-electron chi connectivity index (χ4n) is 2.73. The molecular weight excluding hydrogens is 292 g/mol. The predicted molar refractivity (Wildman–Crippen MR) is 83.7 cm³/mol. The summed E-state index contributed by atoms with van der Waals surface area (Å²) in [6.07, 6.45) is 2.06. The summed E-state index contributed by atoms with van der Waals surface area (Å²) in [5, 5.41) is 3.98. The van der Waals surface area contributed by atoms with Crippen molar-refractivity contribution in [2.24, 2.45) is 0 Å². The number of rotatable bonds is 3. The van der Waals surface area contributed by atoms with Crippen LogP contribution in [0.1, 0.15) is 18.2 Å². The van der Waals surface area contributed by atoms with Gasteiger partial charge in [-0.15, -0.1) is 0 Å². The van der Waals surface area contributed by atoms with Crippen molar-refractivity contribution >= 4 is 11.6 Å². The molecule has 6 nitrogen and oxygen atoms in total. The first-order valence-corrected chi connectivity index (χ1v) is 7.41. The molecule has 0 bridgehead atoms. The van der Waals surface area contributed by atoms with Crippen molar-refractivity contribution in [3.8, 4) is 11.5 Å². The smallest absolute Gasteiger partial charge is 0.232 e. The summed E-state index contributed by atoms with van der Waals surface area (Å²) in [6, 6.07) is 15.1. The number of pyridine rings is 1. The minimum absolute atomic E-state index is 0.0683. The third-order valence-corrected chi connectivity index (χ3v) is 3.88. The normalized spacial score (nSPS) is 17.7. The summed E-state index contributed by atoms with van der Waals surface area (Å²) in [4.78, 5) is 22.6. The van der Waals surface area contributed by atoms with Gasteiger partial charge in [0.15, 0.2) is 0 Å². The lowest BCUT2D eigenvalue weighted by atomic mass is 10.1. The van der Waals surface area contributed by atoms with Crippen molar-refractivity contribution in [2.45, 2.75) is 12.3 Å². The lowest BCUT2D eigenvalue weighted by molar-refractivity contribution is -0.117. The number of hydrogen-bond donors (Lipinski definition) is 0. The summed E-state index contributed by atoms with van der Waals surface area (Å²) < 4.78 is 5.36. The van der Waals surface area contributed by atoms with Crippen LogP contribution in [0.15, 0.2) is 59.3 Å². The number of benzene rings is 1. The van der Waals surface area contributed by atoms with E-state index in [1.807, 2.05) is 48.5 Å². The average Bonchev–Trinajstić information content (AvgIpc) is 3.23. The molecule has 0 radical (unpaired) electrons. The number of carbonyl (C=O) groups excluding carboxylic acids is 1. The topological polar surface area (TPSA) is 72.1 Å². The molecule has 23 heavy (non-hydrogen) atoms. The van der Waals surface area contributed by atoms with E-state index in [9.17, 15) is 4.79 Å². The number of nitrogens with zero attached hydrogens (tertiary/aromatic N) is 4. The monoisotopic (exact) mass is 306 g/mol. The fraction of sp³-hybridized carbons (Fsp3) is 0.176. The summed E-state index contributed by atoms with van der Waals surface area (Å²) in [7, 11) is 0. The van der Waals surface area contributed by atoms with Crippen LogP contribution in [0.5, 0.6) is 0 Å². The fourth-order valence-corrected chi connectivity index (χ4v) is 2.73. The lowest BCUT2D eigenvalue weighted by Gasteiger charge is -2.15. The van der Waals surface area contributed by atoms with Gasteiger partial charge in [-0.05, 0) is 24.3 Å². The van der Waals surface area contributed by atoms with Gasteiger partial charge < -0.3 is 9.42 Å². The van der Waals surface area contributed by atoms with Crippen LogP contribution in [0.4, 0.5) is 5.69 Å². The van der Waals surface area contributed by atoms with Gasteiger partial charge in [0.1, 0.15) is 5.69 Å². The van der Waals surface area contributed by atoms with E-state index in [4.69, 9.17) is 4.52 Å². The Balaban J connectivity index is 1.56. The first-order valence-electron chi connectivity index (χ1n) is 7.41. The molecule has 1 aliphatic rings. The van der Waals surface area contributed by atoms with E-state index in [-0.39, 0.29) is 11.8 Å². The molecule has 0 aliphatic carbocycles. The molecule has 1 fully saturated rings. The van der Waals surface area contributed by atoms with Gasteiger partial charge in [0.25, 0.3) is 0 Å². The van der Waals surface area contributed by atoms with Crippen LogP contribution >= 0.6 is 0 Å². The van der Waals surface area contributed by atoms with E-state index in [0.717, 1.165) is 5.69 Å². The molecule has 1 atom stereocenters. The highest BCUT2D eigenvalue weighted by Crippen LogP contribution is 2.31. The molecule has 3 heterocycles. The Kier molecular flexibility index (Phi) is 3.34. The van der Waals surface area contributed by atoms with E-state index < -0.39 is 0 Å². The molecule has 1 aromatic carbocycles. The molecule has 1 saturated heterocycles. The number of para-hydroxylation sites is 1. The predicted octanol–water partition coefficient (Wildman–Crippen LogP) is 2.65. The summed E-state index contributed by atoms with van der Waals surface area (Å²) >= 11 is 0. The van der Waals surface area contributed by atoms with E-state index in [2.05, 4.69) is 15.1 Å². The Morgan fingerprint density at radius 1 is 1.09 bits per heavy atom. The first-order chi connectivity index (χ1) is 11.3. The average molecular weight is 306 g/mol. The highest BCUT2D eigenvalue weighted by molar-refractivity contribution is 5.96. The van der Waals surface area contributed by atoms with Crippen molar-refractivity contribution in [1.82, 2.24) is 15.1 Å². The van der Waals surface area contributed by atoms with E-state index in [0.29, 0.717) is 30.4 Å². The highest BCUT2D eigenvalue weighted by Gasteiger charge is 2.35. The van der Waals surface area contributed by atoms with Crippen molar-refractivity contribution in [3.63, 3.8) is 0 Å². The third kappa shape index (κ3) is 2.59. The molecule has 114 valence electrons. The molecule has 1 aliphatic heterocycles. The second-order valence-electron chi connectivity index (χ2n) is 5.41. The van der Waals surface area contributed by atoms with Gasteiger partial charge >= 0.3 is 0 Å². The minimum Gasteiger partial charge on any atom is -0.339 e. The summed E-state index contributed by atoms with van der Waals surface area (Å²) in [5.41, 5.74) is 1.55. The Labute approximate surface area is 132 Å². The van der Waals surface area contributed by atoms with Gasteiger partial charge in [0, 0.05) is 24.8 Å². The lowest BCUT2D eigenvalue weighted by Crippen LogP contribution is -2.24. The van der Waals surface area contributed by atoms with Crippen molar-refractivity contribution in [1.29, 1.82) is 0 Å². The number of hydrogen-bond acceptors (Lipinski definition) is 5. The van der Waals surface area contributed by atoms with Crippen molar-refractivity contribution in [2.75, 3.05) is 11.4 Å². The van der Waals surface area contributed by atoms with Crippen LogP contribution < -0.4 is 4.90 Å². The van der Waals surface area contributed by atoms with Crippen LogP contribution in [0.2, 0.25) is 0 Å². The SMILES string of the molecule is O=C1C[C@H](c2nc(-c3ccccn3)no2)CN1c1ccccc1. The molecule has 0 spiro atoms. The van der Waals surface area contributed by atoms with E-state index >= 15 is 0 Å². The van der Waals surface area contributed by atoms with Crippen LogP contribution in [-0.4, -0.2) is 27.6 Å². The summed E-state index contributed by atoms with van der Waals surface area (Å²) in [5.74, 6) is 0.912.